The van der Waals surface area contributed by atoms with Gasteiger partial charge < -0.3 is 9.42 Å². The van der Waals surface area contributed by atoms with Gasteiger partial charge in [0.2, 0.25) is 11.8 Å². The molecule has 0 unspecified atom stereocenters. The molecule has 4 aliphatic carbocycles. The molecule has 1 saturated heterocycles. The molecule has 1 amide bonds. The number of carbonyl (C=O) groups excluding carboxylic acids is 1. The summed E-state index contributed by atoms with van der Waals surface area (Å²) in [6.07, 6.45) is 7.60. The first-order chi connectivity index (χ1) is 11.5. The third kappa shape index (κ3) is 2.16. The van der Waals surface area contributed by atoms with E-state index in [1.807, 2.05) is 0 Å². The van der Waals surface area contributed by atoms with E-state index in [0.717, 1.165) is 55.9 Å². The van der Waals surface area contributed by atoms with Gasteiger partial charge in [-0.05, 0) is 56.3 Å². The number of carbonyl (C=O) groups is 1. The largest absolute Gasteiger partial charge is 0.340 e. The molecule has 0 atom stereocenters. The average molecular weight is 329 g/mol. The molecule has 2 heterocycles. The topological polar surface area (TPSA) is 59.2 Å². The number of nitrogens with zero attached hydrogens (tertiary/aromatic N) is 3. The zero-order valence-corrected chi connectivity index (χ0v) is 14.7. The third-order valence-corrected chi connectivity index (χ3v) is 6.98. The second kappa shape index (κ2) is 5.06. The van der Waals surface area contributed by atoms with Crippen molar-refractivity contribution in [2.24, 2.45) is 23.2 Å². The van der Waals surface area contributed by atoms with Gasteiger partial charge in [-0.25, -0.2) is 0 Å². The molecule has 5 fully saturated rings. The molecule has 1 aromatic rings. The third-order valence-electron chi connectivity index (χ3n) is 6.98. The molecule has 0 radical (unpaired) electrons. The molecule has 0 aromatic carbocycles. The lowest BCUT2D eigenvalue weighted by molar-refractivity contribution is -0.162. The summed E-state index contributed by atoms with van der Waals surface area (Å²) >= 11 is 0. The Labute approximate surface area is 143 Å². The van der Waals surface area contributed by atoms with Crippen molar-refractivity contribution in [3.05, 3.63) is 11.7 Å². The first-order valence-electron chi connectivity index (χ1n) is 9.65. The van der Waals surface area contributed by atoms with Crippen LogP contribution in [0.25, 0.3) is 0 Å². The smallest absolute Gasteiger partial charge is 0.233 e. The molecule has 6 rings (SSSR count). The standard InChI is InChI=1S/C19H27N3O2/c1-11(2)16-20-17(24-21-16)15-9-22(10-15)18(23)19-6-12-3-13(7-19)5-14(4-12)8-19/h11-15H,3-10H2,1-2H3. The Morgan fingerprint density at radius 2 is 1.71 bits per heavy atom. The van der Waals surface area contributed by atoms with Crippen LogP contribution in [0.5, 0.6) is 0 Å². The number of hydrogen-bond donors (Lipinski definition) is 0. The van der Waals surface area contributed by atoms with E-state index in [4.69, 9.17) is 4.52 Å². The van der Waals surface area contributed by atoms with Gasteiger partial charge in [-0.1, -0.05) is 19.0 Å². The van der Waals surface area contributed by atoms with Gasteiger partial charge in [0.25, 0.3) is 0 Å². The molecule has 5 heteroatoms. The van der Waals surface area contributed by atoms with Crippen molar-refractivity contribution in [1.82, 2.24) is 15.0 Å². The highest BCUT2D eigenvalue weighted by atomic mass is 16.5. The molecule has 5 aliphatic rings. The second-order valence-electron chi connectivity index (χ2n) is 9.25. The SMILES string of the molecule is CC(C)c1noc(C2CN(C(=O)C34CC5CC(CC(C5)C3)C4)C2)n1. The molecule has 1 aromatic heterocycles. The summed E-state index contributed by atoms with van der Waals surface area (Å²) in [7, 11) is 0. The van der Waals surface area contributed by atoms with Crippen LogP contribution in [0.3, 0.4) is 0 Å². The van der Waals surface area contributed by atoms with E-state index in [0.29, 0.717) is 11.8 Å². The molecular formula is C19H27N3O2. The lowest BCUT2D eigenvalue weighted by Crippen LogP contribution is -2.59. The summed E-state index contributed by atoms with van der Waals surface area (Å²) < 4.78 is 5.41. The van der Waals surface area contributed by atoms with E-state index in [1.54, 1.807) is 0 Å². The van der Waals surface area contributed by atoms with Gasteiger partial charge in [-0.2, -0.15) is 4.98 Å². The number of rotatable bonds is 3. The van der Waals surface area contributed by atoms with Crippen molar-refractivity contribution in [1.29, 1.82) is 0 Å². The maximum atomic E-state index is 13.2. The van der Waals surface area contributed by atoms with Crippen molar-refractivity contribution in [2.45, 2.75) is 64.2 Å². The van der Waals surface area contributed by atoms with Crippen LogP contribution in [0.15, 0.2) is 4.52 Å². The maximum absolute atomic E-state index is 13.2. The highest BCUT2D eigenvalue weighted by Crippen LogP contribution is 2.60. The lowest BCUT2D eigenvalue weighted by atomic mass is 9.49. The Hall–Kier alpha value is -1.39. The minimum absolute atomic E-state index is 0.0162. The zero-order chi connectivity index (χ0) is 16.5. The quantitative estimate of drug-likeness (QED) is 0.853. The van der Waals surface area contributed by atoms with Crippen molar-refractivity contribution in [3.8, 4) is 0 Å². The molecule has 4 saturated carbocycles. The zero-order valence-electron chi connectivity index (χ0n) is 14.7. The summed E-state index contributed by atoms with van der Waals surface area (Å²) in [5, 5.41) is 4.05. The van der Waals surface area contributed by atoms with Crippen LogP contribution < -0.4 is 0 Å². The Morgan fingerprint density at radius 3 is 2.21 bits per heavy atom. The van der Waals surface area contributed by atoms with Crippen molar-refractivity contribution < 1.29 is 9.32 Å². The molecule has 0 spiro atoms. The van der Waals surface area contributed by atoms with Gasteiger partial charge in [0.05, 0.1) is 11.3 Å². The number of likely N-dealkylation sites (tertiary alicyclic amines) is 1. The maximum Gasteiger partial charge on any atom is 0.233 e. The lowest BCUT2D eigenvalue weighted by Gasteiger charge is -2.57. The van der Waals surface area contributed by atoms with Gasteiger partial charge in [-0.15, -0.1) is 0 Å². The Morgan fingerprint density at radius 1 is 1.12 bits per heavy atom. The first-order valence-corrected chi connectivity index (χ1v) is 9.65. The fourth-order valence-corrected chi connectivity index (χ4v) is 6.16. The van der Waals surface area contributed by atoms with Crippen LogP contribution in [0.1, 0.15) is 75.9 Å². The van der Waals surface area contributed by atoms with Gasteiger partial charge in [0.1, 0.15) is 0 Å². The van der Waals surface area contributed by atoms with E-state index in [9.17, 15) is 4.79 Å². The Kier molecular flexibility index (Phi) is 3.14. The molecule has 130 valence electrons. The highest BCUT2D eigenvalue weighted by molar-refractivity contribution is 5.84. The van der Waals surface area contributed by atoms with E-state index >= 15 is 0 Å². The van der Waals surface area contributed by atoms with Crippen molar-refractivity contribution >= 4 is 5.91 Å². The van der Waals surface area contributed by atoms with Crippen LogP contribution >= 0.6 is 0 Å². The van der Waals surface area contributed by atoms with Crippen LogP contribution in [0, 0.1) is 23.2 Å². The predicted octanol–water partition coefficient (Wildman–Crippen LogP) is 3.34. The average Bonchev–Trinajstić information content (AvgIpc) is 2.94. The van der Waals surface area contributed by atoms with Crippen LogP contribution in [0.4, 0.5) is 0 Å². The molecule has 1 aliphatic heterocycles. The second-order valence-corrected chi connectivity index (χ2v) is 9.25. The highest BCUT2D eigenvalue weighted by Gasteiger charge is 2.56. The minimum Gasteiger partial charge on any atom is -0.340 e. The summed E-state index contributed by atoms with van der Waals surface area (Å²) in [5.74, 6) is 4.91. The summed E-state index contributed by atoms with van der Waals surface area (Å²) in [6, 6.07) is 0. The molecule has 4 bridgehead atoms. The van der Waals surface area contributed by atoms with Crippen LogP contribution in [0.2, 0.25) is 0 Å². The Bertz CT molecular complexity index is 624. The predicted molar refractivity (Wildman–Crippen MR) is 88.3 cm³/mol. The van der Waals surface area contributed by atoms with E-state index in [2.05, 4.69) is 28.9 Å². The molecule has 5 nitrogen and oxygen atoms in total. The normalized spacial score (nSPS) is 38.0. The first kappa shape index (κ1) is 14.9. The number of amides is 1. The van der Waals surface area contributed by atoms with Gasteiger partial charge in [-0.3, -0.25) is 4.79 Å². The van der Waals surface area contributed by atoms with Crippen molar-refractivity contribution in [2.75, 3.05) is 13.1 Å². The fourth-order valence-electron chi connectivity index (χ4n) is 6.16. The van der Waals surface area contributed by atoms with Gasteiger partial charge >= 0.3 is 0 Å². The van der Waals surface area contributed by atoms with Crippen LogP contribution in [-0.2, 0) is 4.79 Å². The Balaban J connectivity index is 1.27. The van der Waals surface area contributed by atoms with Gasteiger partial charge in [0, 0.05) is 19.0 Å². The molecule has 0 N–H and O–H groups in total. The summed E-state index contributed by atoms with van der Waals surface area (Å²) in [5.41, 5.74) is -0.0162. The number of hydrogen-bond acceptors (Lipinski definition) is 4. The minimum atomic E-state index is -0.0162. The molecule has 24 heavy (non-hydrogen) atoms. The fraction of sp³-hybridized carbons (Fsp3) is 0.842. The van der Waals surface area contributed by atoms with Gasteiger partial charge in [0.15, 0.2) is 5.82 Å². The van der Waals surface area contributed by atoms with E-state index in [-0.39, 0.29) is 17.3 Å². The number of aromatic nitrogens is 2. The van der Waals surface area contributed by atoms with E-state index < -0.39 is 0 Å². The van der Waals surface area contributed by atoms with Crippen molar-refractivity contribution in [3.63, 3.8) is 0 Å². The summed E-state index contributed by atoms with van der Waals surface area (Å²) in [4.78, 5) is 19.8. The summed E-state index contributed by atoms with van der Waals surface area (Å²) in [6.45, 7) is 5.66. The van der Waals surface area contributed by atoms with Crippen LogP contribution in [-0.4, -0.2) is 34.0 Å². The molecular weight excluding hydrogens is 302 g/mol. The monoisotopic (exact) mass is 329 g/mol. The van der Waals surface area contributed by atoms with E-state index in [1.165, 1.54) is 19.3 Å².